The van der Waals surface area contributed by atoms with Gasteiger partial charge in [0.1, 0.15) is 5.82 Å². The Hall–Kier alpha value is -2.93. The van der Waals surface area contributed by atoms with Crippen molar-refractivity contribution in [3.05, 3.63) is 70.0 Å². The highest BCUT2D eigenvalue weighted by Gasteiger charge is 2.40. The molecule has 0 spiro atoms. The first-order valence-corrected chi connectivity index (χ1v) is 10.9. The lowest BCUT2D eigenvalue weighted by atomic mass is 9.83. The molecule has 1 fully saturated rings. The molecular weight excluding hydrogens is 431 g/mol. The van der Waals surface area contributed by atoms with Gasteiger partial charge in [-0.15, -0.1) is 0 Å². The molecule has 0 bridgehead atoms. The summed E-state index contributed by atoms with van der Waals surface area (Å²) in [4.78, 5) is 27.0. The quantitative estimate of drug-likeness (QED) is 0.589. The summed E-state index contributed by atoms with van der Waals surface area (Å²) in [5.41, 5.74) is 1.25. The summed E-state index contributed by atoms with van der Waals surface area (Å²) in [6.45, 7) is 7.92. The van der Waals surface area contributed by atoms with Crippen molar-refractivity contribution in [3.8, 4) is 0 Å². The Morgan fingerprint density at radius 2 is 1.91 bits per heavy atom. The van der Waals surface area contributed by atoms with Gasteiger partial charge < -0.3 is 10.6 Å². The van der Waals surface area contributed by atoms with E-state index in [1.165, 1.54) is 17.0 Å². The summed E-state index contributed by atoms with van der Waals surface area (Å²) >= 11 is 6.27. The fourth-order valence-electron chi connectivity index (χ4n) is 3.57. The second kappa shape index (κ2) is 9.28. The third-order valence-corrected chi connectivity index (χ3v) is 6.43. The standard InChI is InChI=1S/C24H28ClFN4O2/c1-14(2)24(4)12-21(31)30(23(27)29-24)13-16-5-10-20(25)19(11-16)22(32)28-15(3)17-6-8-18(26)9-7-17/h5-11,14-15H,12-13H2,1-4H3,(H2,27,29)(H,28,32)/t15-,24-/m0/s1. The zero-order valence-electron chi connectivity index (χ0n) is 18.6. The maximum absolute atomic E-state index is 13.2. The number of benzene rings is 2. The SMILES string of the molecule is CC(C)[C@]1(C)CC(=O)N(Cc2ccc(Cl)c(C(=O)N[C@@H](C)c3ccc(F)cc3)c2)C(=N)N1. The molecule has 3 rings (SSSR count). The molecule has 0 aromatic heterocycles. The first-order chi connectivity index (χ1) is 15.0. The number of nitrogens with one attached hydrogen (secondary N) is 3. The number of rotatable bonds is 6. The number of amides is 2. The van der Waals surface area contributed by atoms with Gasteiger partial charge in [-0.05, 0) is 55.2 Å². The minimum atomic E-state index is -0.466. The van der Waals surface area contributed by atoms with E-state index in [-0.39, 0.29) is 59.1 Å². The molecule has 32 heavy (non-hydrogen) atoms. The van der Waals surface area contributed by atoms with Crippen LogP contribution in [0.1, 0.15) is 61.6 Å². The van der Waals surface area contributed by atoms with Crippen LogP contribution >= 0.6 is 11.6 Å². The van der Waals surface area contributed by atoms with Gasteiger partial charge in [-0.25, -0.2) is 4.39 Å². The second-order valence-electron chi connectivity index (χ2n) is 8.76. The number of carbonyl (C=O) groups is 2. The number of carbonyl (C=O) groups excluding carboxylic acids is 2. The molecule has 1 saturated heterocycles. The fraction of sp³-hybridized carbons (Fsp3) is 0.375. The van der Waals surface area contributed by atoms with Crippen LogP contribution in [0.2, 0.25) is 5.02 Å². The third kappa shape index (κ3) is 5.10. The van der Waals surface area contributed by atoms with Crippen LogP contribution in [0, 0.1) is 17.1 Å². The number of nitrogens with zero attached hydrogens (tertiary/aromatic N) is 1. The van der Waals surface area contributed by atoms with Gasteiger partial charge in [0.25, 0.3) is 5.91 Å². The largest absolute Gasteiger partial charge is 0.350 e. The molecule has 8 heteroatoms. The van der Waals surface area contributed by atoms with Gasteiger partial charge in [-0.3, -0.25) is 19.9 Å². The zero-order chi connectivity index (χ0) is 23.6. The zero-order valence-corrected chi connectivity index (χ0v) is 19.4. The number of halogens is 2. The van der Waals surface area contributed by atoms with Crippen LogP contribution in [0.4, 0.5) is 4.39 Å². The highest BCUT2D eigenvalue weighted by molar-refractivity contribution is 6.33. The van der Waals surface area contributed by atoms with Crippen LogP contribution in [0.3, 0.4) is 0 Å². The van der Waals surface area contributed by atoms with Crippen LogP contribution in [0.15, 0.2) is 42.5 Å². The summed E-state index contributed by atoms with van der Waals surface area (Å²) in [7, 11) is 0. The number of hydrogen-bond acceptors (Lipinski definition) is 3. The Balaban J connectivity index is 1.74. The van der Waals surface area contributed by atoms with Crippen molar-refractivity contribution >= 4 is 29.4 Å². The molecule has 0 unspecified atom stereocenters. The van der Waals surface area contributed by atoms with E-state index in [4.69, 9.17) is 17.0 Å². The smallest absolute Gasteiger partial charge is 0.253 e. The summed E-state index contributed by atoms with van der Waals surface area (Å²) < 4.78 is 13.2. The van der Waals surface area contributed by atoms with Gasteiger partial charge in [-0.2, -0.15) is 0 Å². The first kappa shape index (κ1) is 23.7. The maximum atomic E-state index is 13.2. The number of guanidine groups is 1. The van der Waals surface area contributed by atoms with Crippen LogP contribution in [0.5, 0.6) is 0 Å². The Morgan fingerprint density at radius 1 is 1.25 bits per heavy atom. The highest BCUT2D eigenvalue weighted by atomic mass is 35.5. The Labute approximate surface area is 192 Å². The third-order valence-electron chi connectivity index (χ3n) is 6.10. The average molecular weight is 459 g/mol. The van der Waals surface area contributed by atoms with E-state index >= 15 is 0 Å². The predicted octanol–water partition coefficient (Wildman–Crippen LogP) is 4.64. The van der Waals surface area contributed by atoms with Crippen LogP contribution in [-0.4, -0.2) is 28.2 Å². The van der Waals surface area contributed by atoms with Gasteiger partial charge >= 0.3 is 0 Å². The molecule has 0 radical (unpaired) electrons. The molecule has 2 amide bonds. The summed E-state index contributed by atoms with van der Waals surface area (Å²) in [6.07, 6.45) is 0.281. The lowest BCUT2D eigenvalue weighted by molar-refractivity contribution is -0.131. The van der Waals surface area contributed by atoms with E-state index < -0.39 is 5.54 Å². The molecule has 2 atom stereocenters. The molecule has 3 N–H and O–H groups in total. The Bertz CT molecular complexity index is 1020. The predicted molar refractivity (Wildman–Crippen MR) is 123 cm³/mol. The van der Waals surface area contributed by atoms with Gasteiger partial charge in [0.15, 0.2) is 5.96 Å². The average Bonchev–Trinajstić information content (AvgIpc) is 2.72. The molecule has 2 aromatic rings. The van der Waals surface area contributed by atoms with Crippen molar-refractivity contribution in [1.82, 2.24) is 15.5 Å². The van der Waals surface area contributed by atoms with Crippen molar-refractivity contribution in [2.24, 2.45) is 5.92 Å². The molecule has 0 saturated carbocycles. The molecule has 1 heterocycles. The summed E-state index contributed by atoms with van der Waals surface area (Å²) in [6, 6.07) is 10.5. The topological polar surface area (TPSA) is 85.3 Å². The van der Waals surface area contributed by atoms with Crippen molar-refractivity contribution in [3.63, 3.8) is 0 Å². The maximum Gasteiger partial charge on any atom is 0.253 e. The van der Waals surface area contributed by atoms with Crippen LogP contribution in [0.25, 0.3) is 0 Å². The number of hydrogen-bond donors (Lipinski definition) is 3. The molecule has 1 aliphatic rings. The highest BCUT2D eigenvalue weighted by Crippen LogP contribution is 2.27. The van der Waals surface area contributed by atoms with Gasteiger partial charge in [0.2, 0.25) is 5.91 Å². The lowest BCUT2D eigenvalue weighted by Crippen LogP contribution is -2.62. The fourth-order valence-corrected chi connectivity index (χ4v) is 3.77. The molecule has 170 valence electrons. The molecule has 2 aromatic carbocycles. The van der Waals surface area contributed by atoms with E-state index in [1.54, 1.807) is 37.3 Å². The molecule has 0 aliphatic carbocycles. The van der Waals surface area contributed by atoms with Crippen molar-refractivity contribution in [1.29, 1.82) is 5.41 Å². The minimum Gasteiger partial charge on any atom is -0.350 e. The summed E-state index contributed by atoms with van der Waals surface area (Å²) in [5, 5.41) is 14.6. The molecular formula is C24H28ClFN4O2. The van der Waals surface area contributed by atoms with E-state index in [0.717, 1.165) is 5.56 Å². The normalized spacial score (nSPS) is 19.7. The second-order valence-corrected chi connectivity index (χ2v) is 9.17. The molecule has 6 nitrogen and oxygen atoms in total. The Morgan fingerprint density at radius 3 is 2.50 bits per heavy atom. The Kier molecular flexibility index (Phi) is 6.88. The van der Waals surface area contributed by atoms with E-state index in [1.807, 2.05) is 20.8 Å². The monoisotopic (exact) mass is 458 g/mol. The summed E-state index contributed by atoms with van der Waals surface area (Å²) in [5.74, 6) is -0.634. The van der Waals surface area contributed by atoms with Crippen molar-refractivity contribution in [2.45, 2.75) is 52.2 Å². The molecule has 1 aliphatic heterocycles. The van der Waals surface area contributed by atoms with Crippen molar-refractivity contribution in [2.75, 3.05) is 0 Å². The van der Waals surface area contributed by atoms with Crippen LogP contribution in [-0.2, 0) is 11.3 Å². The minimum absolute atomic E-state index is 0.0448. The van der Waals surface area contributed by atoms with Gasteiger partial charge in [0.05, 0.1) is 29.6 Å². The van der Waals surface area contributed by atoms with Gasteiger partial charge in [-0.1, -0.05) is 43.6 Å². The first-order valence-electron chi connectivity index (χ1n) is 10.5. The van der Waals surface area contributed by atoms with Gasteiger partial charge in [0, 0.05) is 5.54 Å². The van der Waals surface area contributed by atoms with E-state index in [2.05, 4.69) is 10.6 Å². The van der Waals surface area contributed by atoms with Crippen molar-refractivity contribution < 1.29 is 14.0 Å². The van der Waals surface area contributed by atoms with Crippen LogP contribution < -0.4 is 10.6 Å². The lowest BCUT2D eigenvalue weighted by Gasteiger charge is -2.43. The van der Waals surface area contributed by atoms with E-state index in [9.17, 15) is 14.0 Å². The van der Waals surface area contributed by atoms with E-state index in [0.29, 0.717) is 5.56 Å².